The first-order valence-electron chi connectivity index (χ1n) is 9.22. The summed E-state index contributed by atoms with van der Waals surface area (Å²) >= 11 is 0. The second-order valence-corrected chi connectivity index (χ2v) is 6.35. The molecule has 29 heavy (non-hydrogen) atoms. The molecule has 144 valence electrons. The van der Waals surface area contributed by atoms with E-state index in [0.29, 0.717) is 23.3 Å². The lowest BCUT2D eigenvalue weighted by atomic mass is 10.1. The summed E-state index contributed by atoms with van der Waals surface area (Å²) in [5, 5.41) is 2.10. The topological polar surface area (TPSA) is 65.7 Å². The van der Waals surface area contributed by atoms with Gasteiger partial charge in [-0.2, -0.15) is 0 Å². The molecule has 0 aliphatic carbocycles. The van der Waals surface area contributed by atoms with Crippen LogP contribution >= 0.6 is 0 Å². The minimum Gasteiger partial charge on any atom is -0.494 e. The SMILES string of the molecule is CCOc1ccc(/C=C/C(=O)Oc2ccc3c(c2)oc(=O)c2ccccc23)cc1. The van der Waals surface area contributed by atoms with Crippen LogP contribution in [0.1, 0.15) is 12.5 Å². The molecular weight excluding hydrogens is 368 g/mol. The molecule has 0 amide bonds. The summed E-state index contributed by atoms with van der Waals surface area (Å²) in [6.07, 6.45) is 3.00. The van der Waals surface area contributed by atoms with Gasteiger partial charge < -0.3 is 13.9 Å². The van der Waals surface area contributed by atoms with Crippen LogP contribution in [0, 0.1) is 0 Å². The fourth-order valence-corrected chi connectivity index (χ4v) is 3.08. The number of esters is 1. The molecule has 0 bridgehead atoms. The smallest absolute Gasteiger partial charge is 0.344 e. The van der Waals surface area contributed by atoms with E-state index in [2.05, 4.69) is 0 Å². The largest absolute Gasteiger partial charge is 0.494 e. The van der Waals surface area contributed by atoms with Gasteiger partial charge in [0.1, 0.15) is 17.1 Å². The molecule has 5 nitrogen and oxygen atoms in total. The van der Waals surface area contributed by atoms with Crippen molar-refractivity contribution in [2.45, 2.75) is 6.92 Å². The van der Waals surface area contributed by atoms with Crippen LogP contribution in [-0.4, -0.2) is 12.6 Å². The molecule has 0 saturated heterocycles. The Morgan fingerprint density at radius 1 is 0.931 bits per heavy atom. The van der Waals surface area contributed by atoms with Crippen LogP contribution in [0.25, 0.3) is 27.8 Å². The minimum absolute atomic E-state index is 0.303. The van der Waals surface area contributed by atoms with Crippen molar-refractivity contribution in [3.8, 4) is 11.5 Å². The highest BCUT2D eigenvalue weighted by molar-refractivity contribution is 6.04. The number of carbonyl (C=O) groups excluding carboxylic acids is 1. The second kappa shape index (κ2) is 8.02. The van der Waals surface area contributed by atoms with Crippen molar-refractivity contribution >= 4 is 33.8 Å². The van der Waals surface area contributed by atoms with Crippen LogP contribution in [0.5, 0.6) is 11.5 Å². The summed E-state index contributed by atoms with van der Waals surface area (Å²) in [7, 11) is 0. The first-order valence-corrected chi connectivity index (χ1v) is 9.22. The van der Waals surface area contributed by atoms with Crippen molar-refractivity contribution < 1.29 is 18.7 Å². The number of carbonyl (C=O) groups is 1. The van der Waals surface area contributed by atoms with Gasteiger partial charge in [-0.1, -0.05) is 30.3 Å². The molecule has 1 heterocycles. The van der Waals surface area contributed by atoms with Crippen molar-refractivity contribution in [3.63, 3.8) is 0 Å². The average molecular weight is 386 g/mol. The molecule has 0 aliphatic heterocycles. The predicted molar refractivity (Wildman–Crippen MR) is 112 cm³/mol. The van der Waals surface area contributed by atoms with E-state index < -0.39 is 11.6 Å². The van der Waals surface area contributed by atoms with Gasteiger partial charge in [0.2, 0.25) is 0 Å². The van der Waals surface area contributed by atoms with Crippen LogP contribution in [0.3, 0.4) is 0 Å². The van der Waals surface area contributed by atoms with Crippen LogP contribution in [0.15, 0.2) is 82.0 Å². The van der Waals surface area contributed by atoms with E-state index in [1.165, 1.54) is 6.08 Å². The average Bonchev–Trinajstić information content (AvgIpc) is 2.73. The van der Waals surface area contributed by atoms with Gasteiger partial charge in [0.15, 0.2) is 0 Å². The Hall–Kier alpha value is -3.86. The maximum absolute atomic E-state index is 12.2. The van der Waals surface area contributed by atoms with Crippen molar-refractivity contribution in [1.82, 2.24) is 0 Å². The number of ether oxygens (including phenoxy) is 2. The van der Waals surface area contributed by atoms with Gasteiger partial charge in [0.05, 0.1) is 12.0 Å². The normalized spacial score (nSPS) is 11.2. The highest BCUT2D eigenvalue weighted by Gasteiger charge is 2.09. The molecule has 5 heteroatoms. The summed E-state index contributed by atoms with van der Waals surface area (Å²) in [5.74, 6) is 0.552. The van der Waals surface area contributed by atoms with E-state index in [1.807, 2.05) is 43.3 Å². The quantitative estimate of drug-likeness (QED) is 0.159. The molecule has 0 N–H and O–H groups in total. The highest BCUT2D eigenvalue weighted by atomic mass is 16.5. The van der Waals surface area contributed by atoms with Gasteiger partial charge in [0, 0.05) is 17.5 Å². The summed E-state index contributed by atoms with van der Waals surface area (Å²) < 4.78 is 16.1. The second-order valence-electron chi connectivity index (χ2n) is 6.35. The summed E-state index contributed by atoms with van der Waals surface area (Å²) in [6, 6.07) is 19.6. The van der Waals surface area contributed by atoms with Crippen molar-refractivity contribution in [2.24, 2.45) is 0 Å². The van der Waals surface area contributed by atoms with Crippen molar-refractivity contribution in [3.05, 3.63) is 88.8 Å². The summed E-state index contributed by atoms with van der Waals surface area (Å²) in [4.78, 5) is 24.3. The summed E-state index contributed by atoms with van der Waals surface area (Å²) in [5.41, 5.74) is 0.794. The lowest BCUT2D eigenvalue weighted by Crippen LogP contribution is -2.04. The molecular formula is C24H18O5. The van der Waals surface area contributed by atoms with Crippen LogP contribution in [0.4, 0.5) is 0 Å². The number of fused-ring (bicyclic) bond motifs is 3. The Morgan fingerprint density at radius 2 is 1.66 bits per heavy atom. The molecule has 0 aliphatic rings. The van der Waals surface area contributed by atoms with Gasteiger partial charge >= 0.3 is 11.6 Å². The number of hydrogen-bond donors (Lipinski definition) is 0. The predicted octanol–water partition coefficient (Wildman–Crippen LogP) is 4.96. The summed E-state index contributed by atoms with van der Waals surface area (Å²) in [6.45, 7) is 2.52. The fourth-order valence-electron chi connectivity index (χ4n) is 3.08. The van der Waals surface area contributed by atoms with E-state index >= 15 is 0 Å². The Balaban J connectivity index is 1.53. The lowest BCUT2D eigenvalue weighted by Gasteiger charge is -2.05. The maximum Gasteiger partial charge on any atom is 0.344 e. The highest BCUT2D eigenvalue weighted by Crippen LogP contribution is 2.26. The number of benzene rings is 3. The molecule has 4 aromatic rings. The monoisotopic (exact) mass is 386 g/mol. The Morgan fingerprint density at radius 3 is 2.41 bits per heavy atom. The molecule has 1 aromatic heterocycles. The van der Waals surface area contributed by atoms with E-state index in [9.17, 15) is 9.59 Å². The van der Waals surface area contributed by atoms with E-state index in [-0.39, 0.29) is 0 Å². The standard InChI is InChI=1S/C24H18O5/c1-2-27-17-10-7-16(8-11-17)9-14-23(25)28-18-12-13-20-19-5-3-4-6-21(19)24(26)29-22(20)15-18/h3-15H,2H2,1H3/b14-9+. The number of hydrogen-bond acceptors (Lipinski definition) is 5. The molecule has 0 spiro atoms. The van der Waals surface area contributed by atoms with E-state index in [4.69, 9.17) is 13.9 Å². The first-order chi connectivity index (χ1) is 14.1. The molecule has 0 radical (unpaired) electrons. The molecule has 0 atom stereocenters. The molecule has 0 saturated carbocycles. The van der Waals surface area contributed by atoms with E-state index in [0.717, 1.165) is 22.1 Å². The Bertz CT molecular complexity index is 1270. The van der Waals surface area contributed by atoms with E-state index in [1.54, 1.807) is 36.4 Å². The van der Waals surface area contributed by atoms with Crippen molar-refractivity contribution in [1.29, 1.82) is 0 Å². The van der Waals surface area contributed by atoms with Gasteiger partial charge in [0.25, 0.3) is 0 Å². The third-order valence-electron chi connectivity index (χ3n) is 4.41. The van der Waals surface area contributed by atoms with Gasteiger partial charge in [-0.05, 0) is 54.3 Å². The fraction of sp³-hybridized carbons (Fsp3) is 0.0833. The third-order valence-corrected chi connectivity index (χ3v) is 4.41. The zero-order valence-electron chi connectivity index (χ0n) is 15.8. The lowest BCUT2D eigenvalue weighted by molar-refractivity contribution is -0.128. The molecule has 3 aromatic carbocycles. The molecule has 4 rings (SSSR count). The Kier molecular flexibility index (Phi) is 5.12. The van der Waals surface area contributed by atoms with Gasteiger partial charge in [-0.3, -0.25) is 0 Å². The zero-order valence-corrected chi connectivity index (χ0v) is 15.8. The molecule has 0 unspecified atom stereocenters. The maximum atomic E-state index is 12.2. The van der Waals surface area contributed by atoms with Crippen molar-refractivity contribution in [2.75, 3.05) is 6.61 Å². The van der Waals surface area contributed by atoms with Crippen LogP contribution in [0.2, 0.25) is 0 Å². The zero-order chi connectivity index (χ0) is 20.2. The number of rotatable bonds is 5. The molecule has 0 fully saturated rings. The Labute approximate surface area is 166 Å². The van der Waals surface area contributed by atoms with Gasteiger partial charge in [-0.25, -0.2) is 9.59 Å². The van der Waals surface area contributed by atoms with Gasteiger partial charge in [-0.15, -0.1) is 0 Å². The first kappa shape index (κ1) is 18.5. The third kappa shape index (κ3) is 4.04. The van der Waals surface area contributed by atoms with Crippen LogP contribution in [-0.2, 0) is 4.79 Å². The minimum atomic E-state index is -0.527. The van der Waals surface area contributed by atoms with Crippen LogP contribution < -0.4 is 15.1 Å².